The van der Waals surface area contributed by atoms with Crippen molar-refractivity contribution in [2.24, 2.45) is 0 Å². The fourth-order valence-corrected chi connectivity index (χ4v) is 6.27. The van der Waals surface area contributed by atoms with Crippen LogP contribution in [0.2, 0.25) is 5.02 Å². The molecule has 0 bridgehead atoms. The van der Waals surface area contributed by atoms with E-state index in [4.69, 9.17) is 11.6 Å². The second kappa shape index (κ2) is 13.7. The van der Waals surface area contributed by atoms with Crippen LogP contribution in [0.5, 0.6) is 0 Å². The molecule has 4 aromatic rings. The van der Waals surface area contributed by atoms with Crippen LogP contribution in [0.15, 0.2) is 108 Å². The van der Waals surface area contributed by atoms with Gasteiger partial charge in [0.05, 0.1) is 10.6 Å². The summed E-state index contributed by atoms with van der Waals surface area (Å²) in [5, 5.41) is 3.09. The number of rotatable bonds is 11. The Labute approximate surface area is 252 Å². The quantitative estimate of drug-likeness (QED) is 0.244. The van der Waals surface area contributed by atoms with E-state index in [1.54, 1.807) is 18.2 Å². The molecule has 0 spiro atoms. The Balaban J connectivity index is 1.80. The van der Waals surface area contributed by atoms with Crippen molar-refractivity contribution in [3.8, 4) is 0 Å². The number of likely N-dealkylation sites (N-methyl/N-ethyl adjacent to an activating group) is 1. The number of amides is 2. The Kier molecular flexibility index (Phi) is 10.0. The summed E-state index contributed by atoms with van der Waals surface area (Å²) in [5.74, 6) is -0.856. The third-order valence-electron chi connectivity index (χ3n) is 7.09. The van der Waals surface area contributed by atoms with Crippen molar-refractivity contribution >= 4 is 39.1 Å². The highest BCUT2D eigenvalue weighted by Gasteiger charge is 2.34. The second-order valence-corrected chi connectivity index (χ2v) is 12.4. The molecule has 0 fully saturated rings. The van der Waals surface area contributed by atoms with Crippen LogP contribution in [-0.2, 0) is 32.6 Å². The Morgan fingerprint density at radius 1 is 0.857 bits per heavy atom. The number of nitrogens with zero attached hydrogens (tertiary/aromatic N) is 2. The van der Waals surface area contributed by atoms with Crippen LogP contribution in [0, 0.1) is 13.8 Å². The van der Waals surface area contributed by atoms with Gasteiger partial charge in [0.2, 0.25) is 11.8 Å². The number of carbonyl (C=O) groups excluding carboxylic acids is 2. The lowest BCUT2D eigenvalue weighted by atomic mass is 10.0. The van der Waals surface area contributed by atoms with Crippen LogP contribution in [0.25, 0.3) is 0 Å². The molecule has 0 aliphatic heterocycles. The largest absolute Gasteiger partial charge is 0.357 e. The zero-order valence-corrected chi connectivity index (χ0v) is 25.4. The van der Waals surface area contributed by atoms with Crippen LogP contribution in [0.4, 0.5) is 5.69 Å². The molecule has 0 saturated heterocycles. The molecule has 0 aliphatic carbocycles. The van der Waals surface area contributed by atoms with Crippen molar-refractivity contribution in [3.05, 3.63) is 130 Å². The summed E-state index contributed by atoms with van der Waals surface area (Å²) >= 11 is 6.03. The molecule has 0 heterocycles. The zero-order chi connectivity index (χ0) is 30.3. The van der Waals surface area contributed by atoms with Gasteiger partial charge in [0, 0.05) is 25.0 Å². The van der Waals surface area contributed by atoms with E-state index in [9.17, 15) is 18.0 Å². The van der Waals surface area contributed by atoms with Crippen LogP contribution in [0.1, 0.15) is 22.3 Å². The number of halogens is 1. The van der Waals surface area contributed by atoms with E-state index >= 15 is 0 Å². The molecule has 0 radical (unpaired) electrons. The van der Waals surface area contributed by atoms with Crippen LogP contribution < -0.4 is 9.62 Å². The summed E-state index contributed by atoms with van der Waals surface area (Å²) in [6, 6.07) is 29.0. The standard InChI is InChI=1S/C33H34ClN3O4S/c1-24-10-9-15-29(20-24)37(42(40,41)30-18-16-28(34)17-19-30)23-32(38)36(22-27-14-8-7-11-25(27)2)31(33(39)35-3)21-26-12-5-4-6-13-26/h4-20,31H,21-23H2,1-3H3,(H,35,39). The monoisotopic (exact) mass is 603 g/mol. The minimum absolute atomic E-state index is 0.00111. The van der Waals surface area contributed by atoms with Gasteiger partial charge in [0.25, 0.3) is 10.0 Å². The number of nitrogens with one attached hydrogen (secondary N) is 1. The topological polar surface area (TPSA) is 86.8 Å². The van der Waals surface area contributed by atoms with E-state index in [1.165, 1.54) is 36.2 Å². The molecule has 0 aliphatic rings. The molecule has 42 heavy (non-hydrogen) atoms. The van der Waals surface area contributed by atoms with Crippen molar-refractivity contribution in [2.45, 2.75) is 37.8 Å². The number of benzene rings is 4. The highest BCUT2D eigenvalue weighted by Crippen LogP contribution is 2.27. The van der Waals surface area contributed by atoms with Crippen molar-refractivity contribution in [3.63, 3.8) is 0 Å². The maximum absolute atomic E-state index is 14.3. The minimum atomic E-state index is -4.18. The molecular formula is C33H34ClN3O4S. The van der Waals surface area contributed by atoms with E-state index in [0.717, 1.165) is 26.6 Å². The number of anilines is 1. The van der Waals surface area contributed by atoms with Crippen LogP contribution >= 0.6 is 11.6 Å². The Morgan fingerprint density at radius 2 is 1.52 bits per heavy atom. The van der Waals surface area contributed by atoms with Gasteiger partial charge in [-0.1, -0.05) is 78.3 Å². The van der Waals surface area contributed by atoms with Crippen molar-refractivity contribution in [2.75, 3.05) is 17.9 Å². The first-order valence-electron chi connectivity index (χ1n) is 13.5. The highest BCUT2D eigenvalue weighted by molar-refractivity contribution is 7.92. The molecule has 7 nitrogen and oxygen atoms in total. The second-order valence-electron chi connectivity index (χ2n) is 10.1. The Bertz CT molecular complexity index is 1640. The normalized spacial score (nSPS) is 11.9. The summed E-state index contributed by atoms with van der Waals surface area (Å²) in [7, 11) is -2.65. The van der Waals surface area contributed by atoms with E-state index in [1.807, 2.05) is 74.5 Å². The van der Waals surface area contributed by atoms with Crippen molar-refractivity contribution in [1.82, 2.24) is 10.2 Å². The smallest absolute Gasteiger partial charge is 0.264 e. The lowest BCUT2D eigenvalue weighted by Gasteiger charge is -2.34. The summed E-state index contributed by atoms with van der Waals surface area (Å²) in [4.78, 5) is 29.1. The summed E-state index contributed by atoms with van der Waals surface area (Å²) in [6.07, 6.45) is 0.256. The van der Waals surface area contributed by atoms with Crippen LogP contribution in [-0.4, -0.2) is 44.8 Å². The number of hydrogen-bond donors (Lipinski definition) is 1. The van der Waals surface area contributed by atoms with E-state index in [0.29, 0.717) is 10.7 Å². The van der Waals surface area contributed by atoms with Gasteiger partial charge in [0.1, 0.15) is 12.6 Å². The molecule has 0 aromatic heterocycles. The highest BCUT2D eigenvalue weighted by atomic mass is 35.5. The predicted octanol–water partition coefficient (Wildman–Crippen LogP) is 5.54. The van der Waals surface area contributed by atoms with Gasteiger partial charge in [-0.2, -0.15) is 0 Å². The van der Waals surface area contributed by atoms with Crippen LogP contribution in [0.3, 0.4) is 0 Å². The molecule has 1 atom stereocenters. The summed E-state index contributed by atoms with van der Waals surface area (Å²) in [6.45, 7) is 3.40. The maximum atomic E-state index is 14.3. The van der Waals surface area contributed by atoms with Gasteiger partial charge in [-0.25, -0.2) is 8.42 Å². The number of hydrogen-bond acceptors (Lipinski definition) is 4. The SMILES string of the molecule is CNC(=O)C(Cc1ccccc1)N(Cc1ccccc1C)C(=O)CN(c1cccc(C)c1)S(=O)(=O)c1ccc(Cl)cc1. The number of carbonyl (C=O) groups is 2. The fraction of sp³-hybridized carbons (Fsp3) is 0.212. The molecular weight excluding hydrogens is 570 g/mol. The summed E-state index contributed by atoms with van der Waals surface area (Å²) in [5.41, 5.74) is 3.86. The maximum Gasteiger partial charge on any atom is 0.264 e. The van der Waals surface area contributed by atoms with Gasteiger partial charge in [-0.3, -0.25) is 13.9 Å². The first kappa shape index (κ1) is 30.8. The average molecular weight is 604 g/mol. The van der Waals surface area contributed by atoms with E-state index in [-0.39, 0.29) is 23.8 Å². The zero-order valence-electron chi connectivity index (χ0n) is 23.8. The van der Waals surface area contributed by atoms with Gasteiger partial charge < -0.3 is 10.2 Å². The van der Waals surface area contributed by atoms with Gasteiger partial charge >= 0.3 is 0 Å². The van der Waals surface area contributed by atoms with Gasteiger partial charge in [-0.05, 0) is 72.5 Å². The Morgan fingerprint density at radius 3 is 2.17 bits per heavy atom. The lowest BCUT2D eigenvalue weighted by molar-refractivity contribution is -0.139. The number of aryl methyl sites for hydroxylation is 2. The number of sulfonamides is 1. The van der Waals surface area contributed by atoms with E-state index < -0.39 is 28.5 Å². The third kappa shape index (κ3) is 7.38. The molecule has 0 saturated carbocycles. The first-order chi connectivity index (χ1) is 20.1. The molecule has 4 aromatic carbocycles. The van der Waals surface area contributed by atoms with Gasteiger partial charge in [-0.15, -0.1) is 0 Å². The Hall–Kier alpha value is -4.14. The molecule has 218 valence electrons. The minimum Gasteiger partial charge on any atom is -0.357 e. The molecule has 1 N–H and O–H groups in total. The van der Waals surface area contributed by atoms with Crippen molar-refractivity contribution in [1.29, 1.82) is 0 Å². The van der Waals surface area contributed by atoms with Crippen molar-refractivity contribution < 1.29 is 18.0 Å². The van der Waals surface area contributed by atoms with Gasteiger partial charge in [0.15, 0.2) is 0 Å². The molecule has 2 amide bonds. The lowest BCUT2D eigenvalue weighted by Crippen LogP contribution is -2.53. The summed E-state index contributed by atoms with van der Waals surface area (Å²) < 4.78 is 29.1. The third-order valence-corrected chi connectivity index (χ3v) is 9.13. The molecule has 1 unspecified atom stereocenters. The van der Waals surface area contributed by atoms with E-state index in [2.05, 4.69) is 5.32 Å². The first-order valence-corrected chi connectivity index (χ1v) is 15.4. The fourth-order valence-electron chi connectivity index (χ4n) is 4.74. The molecule has 9 heteroatoms. The predicted molar refractivity (Wildman–Crippen MR) is 167 cm³/mol. The average Bonchev–Trinajstić information content (AvgIpc) is 2.98. The molecule has 4 rings (SSSR count).